The lowest BCUT2D eigenvalue weighted by Gasteiger charge is -2.29. The summed E-state index contributed by atoms with van der Waals surface area (Å²) in [5, 5.41) is 5.14. The second-order valence-electron chi connectivity index (χ2n) is 6.66. The summed E-state index contributed by atoms with van der Waals surface area (Å²) in [6.07, 6.45) is 1.09. The number of hydrogen-bond acceptors (Lipinski definition) is 5. The average Bonchev–Trinajstić information content (AvgIpc) is 3.07. The Morgan fingerprint density at radius 1 is 1.35 bits per heavy atom. The summed E-state index contributed by atoms with van der Waals surface area (Å²) >= 11 is 1.35. The lowest BCUT2D eigenvalue weighted by Crippen LogP contribution is -2.37. The molecule has 0 radical (unpaired) electrons. The zero-order chi connectivity index (χ0) is 18.7. The highest BCUT2D eigenvalue weighted by Gasteiger charge is 2.22. The molecule has 7 heteroatoms. The molecule has 1 aromatic heterocycles. The quantitative estimate of drug-likeness (QED) is 0.875. The van der Waals surface area contributed by atoms with E-state index in [9.17, 15) is 9.59 Å². The van der Waals surface area contributed by atoms with Crippen molar-refractivity contribution in [2.24, 2.45) is 5.92 Å². The van der Waals surface area contributed by atoms with Crippen molar-refractivity contribution in [3.63, 3.8) is 0 Å². The zero-order valence-corrected chi connectivity index (χ0v) is 16.1. The van der Waals surface area contributed by atoms with Gasteiger partial charge in [0.1, 0.15) is 5.75 Å². The minimum Gasteiger partial charge on any atom is -0.497 e. The van der Waals surface area contributed by atoms with Crippen molar-refractivity contribution in [3.05, 3.63) is 40.4 Å². The minimum atomic E-state index is -0.102. The molecule has 138 valence electrons. The van der Waals surface area contributed by atoms with E-state index in [2.05, 4.69) is 16.4 Å². The average molecular weight is 373 g/mol. The van der Waals surface area contributed by atoms with Crippen LogP contribution in [-0.4, -0.2) is 35.4 Å². The molecule has 0 bridgehead atoms. The molecule has 0 spiro atoms. The highest BCUT2D eigenvalue weighted by Crippen LogP contribution is 2.24. The topological polar surface area (TPSA) is 71.5 Å². The number of nitrogens with one attached hydrogen (secondary N) is 1. The molecule has 3 rings (SSSR count). The second-order valence-corrected chi connectivity index (χ2v) is 7.52. The van der Waals surface area contributed by atoms with Crippen molar-refractivity contribution < 1.29 is 14.3 Å². The predicted molar refractivity (Wildman–Crippen MR) is 101 cm³/mol. The fourth-order valence-corrected chi connectivity index (χ4v) is 3.55. The Morgan fingerprint density at radius 3 is 2.88 bits per heavy atom. The van der Waals surface area contributed by atoms with Crippen molar-refractivity contribution in [2.75, 3.05) is 19.0 Å². The molecule has 0 saturated carbocycles. The molecule has 2 heterocycles. The molecular formula is C19H23N3O3S. The summed E-state index contributed by atoms with van der Waals surface area (Å²) in [6.45, 7) is 4.96. The number of aromatic nitrogens is 1. The molecular weight excluding hydrogens is 350 g/mol. The highest BCUT2D eigenvalue weighted by molar-refractivity contribution is 7.13. The van der Waals surface area contributed by atoms with Crippen LogP contribution in [0.3, 0.4) is 0 Å². The van der Waals surface area contributed by atoms with Gasteiger partial charge in [0.25, 0.3) is 0 Å². The molecule has 2 amide bonds. The maximum absolute atomic E-state index is 12.6. The van der Waals surface area contributed by atoms with Crippen molar-refractivity contribution in [3.8, 4) is 5.75 Å². The lowest BCUT2D eigenvalue weighted by molar-refractivity contribution is -0.131. The van der Waals surface area contributed by atoms with Gasteiger partial charge in [0.2, 0.25) is 11.8 Å². The molecule has 1 aliphatic heterocycles. The normalized spacial score (nSPS) is 13.5. The van der Waals surface area contributed by atoms with Crippen LogP contribution in [0.5, 0.6) is 5.75 Å². The summed E-state index contributed by atoms with van der Waals surface area (Å²) in [6, 6.07) is 6.02. The first kappa shape index (κ1) is 18.4. The summed E-state index contributed by atoms with van der Waals surface area (Å²) in [5.41, 5.74) is 3.09. The standard InChI is InChI=1S/C19H23N3O3S/c1-12(2)18(24)21-19-20-15(11-26-19)9-17(23)22-7-6-13-4-5-16(25-3)8-14(13)10-22/h4-5,8,11-12H,6-7,9-10H2,1-3H3,(H,20,21,24). The number of anilines is 1. The van der Waals surface area contributed by atoms with Crippen molar-refractivity contribution in [2.45, 2.75) is 33.2 Å². The van der Waals surface area contributed by atoms with E-state index in [0.717, 1.165) is 17.7 Å². The first-order valence-corrected chi connectivity index (χ1v) is 9.53. The van der Waals surface area contributed by atoms with Gasteiger partial charge in [0, 0.05) is 24.4 Å². The molecule has 1 aromatic carbocycles. The van der Waals surface area contributed by atoms with Gasteiger partial charge in [0.15, 0.2) is 5.13 Å². The van der Waals surface area contributed by atoms with Gasteiger partial charge in [-0.1, -0.05) is 19.9 Å². The number of rotatable bonds is 5. The van der Waals surface area contributed by atoms with E-state index >= 15 is 0 Å². The molecule has 26 heavy (non-hydrogen) atoms. The van der Waals surface area contributed by atoms with Crippen LogP contribution in [-0.2, 0) is 29.0 Å². The Kier molecular flexibility index (Phi) is 5.56. The van der Waals surface area contributed by atoms with E-state index in [-0.39, 0.29) is 24.2 Å². The fourth-order valence-electron chi connectivity index (χ4n) is 2.84. The monoisotopic (exact) mass is 373 g/mol. The Bertz CT molecular complexity index is 816. The third-order valence-electron chi connectivity index (χ3n) is 4.42. The molecule has 0 aliphatic carbocycles. The highest BCUT2D eigenvalue weighted by atomic mass is 32.1. The van der Waals surface area contributed by atoms with Crippen LogP contribution in [0, 0.1) is 5.92 Å². The maximum atomic E-state index is 12.6. The van der Waals surface area contributed by atoms with Gasteiger partial charge >= 0.3 is 0 Å². The van der Waals surface area contributed by atoms with Crippen molar-refractivity contribution in [1.29, 1.82) is 0 Å². The van der Waals surface area contributed by atoms with Crippen LogP contribution >= 0.6 is 11.3 Å². The molecule has 0 unspecified atom stereocenters. The third-order valence-corrected chi connectivity index (χ3v) is 5.22. The number of hydrogen-bond donors (Lipinski definition) is 1. The van der Waals surface area contributed by atoms with Crippen LogP contribution < -0.4 is 10.1 Å². The van der Waals surface area contributed by atoms with Gasteiger partial charge in [-0.25, -0.2) is 4.98 Å². The van der Waals surface area contributed by atoms with Gasteiger partial charge in [-0.05, 0) is 29.7 Å². The van der Waals surface area contributed by atoms with Gasteiger partial charge < -0.3 is 15.0 Å². The number of amides is 2. The molecule has 0 atom stereocenters. The number of carbonyl (C=O) groups is 2. The first-order chi connectivity index (χ1) is 12.5. The van der Waals surface area contributed by atoms with Crippen LogP contribution in [0.25, 0.3) is 0 Å². The zero-order valence-electron chi connectivity index (χ0n) is 15.2. The Morgan fingerprint density at radius 2 is 2.15 bits per heavy atom. The Balaban J connectivity index is 1.62. The van der Waals surface area contributed by atoms with E-state index < -0.39 is 0 Å². The number of thiazole rings is 1. The molecule has 1 N–H and O–H groups in total. The SMILES string of the molecule is COc1ccc2c(c1)CN(C(=O)Cc1csc(NC(=O)C(C)C)n1)CC2. The van der Waals surface area contributed by atoms with Gasteiger partial charge in [-0.3, -0.25) is 9.59 Å². The molecule has 1 aliphatic rings. The second kappa shape index (κ2) is 7.86. The van der Waals surface area contributed by atoms with Crippen LogP contribution in [0.2, 0.25) is 0 Å². The summed E-state index contributed by atoms with van der Waals surface area (Å²) in [4.78, 5) is 30.6. The minimum absolute atomic E-state index is 0.0468. The van der Waals surface area contributed by atoms with Crippen molar-refractivity contribution in [1.82, 2.24) is 9.88 Å². The van der Waals surface area contributed by atoms with E-state index in [0.29, 0.717) is 23.9 Å². The lowest BCUT2D eigenvalue weighted by atomic mass is 9.99. The summed E-state index contributed by atoms with van der Waals surface area (Å²) < 4.78 is 5.28. The van der Waals surface area contributed by atoms with Crippen LogP contribution in [0.15, 0.2) is 23.6 Å². The Labute approximate surface area is 157 Å². The maximum Gasteiger partial charge on any atom is 0.228 e. The number of ether oxygens (including phenoxy) is 1. The first-order valence-electron chi connectivity index (χ1n) is 8.65. The number of nitrogens with zero attached hydrogens (tertiary/aromatic N) is 2. The number of fused-ring (bicyclic) bond motifs is 1. The van der Waals surface area contributed by atoms with E-state index in [1.165, 1.54) is 16.9 Å². The molecule has 0 saturated heterocycles. The number of carbonyl (C=O) groups excluding carboxylic acids is 2. The van der Waals surface area contributed by atoms with Gasteiger partial charge in [-0.2, -0.15) is 0 Å². The number of benzene rings is 1. The van der Waals surface area contributed by atoms with E-state index in [1.807, 2.05) is 36.3 Å². The Hall–Kier alpha value is -2.41. The third kappa shape index (κ3) is 4.22. The van der Waals surface area contributed by atoms with E-state index in [1.54, 1.807) is 7.11 Å². The van der Waals surface area contributed by atoms with Gasteiger partial charge in [-0.15, -0.1) is 11.3 Å². The molecule has 0 fully saturated rings. The molecule has 2 aromatic rings. The van der Waals surface area contributed by atoms with Crippen LogP contribution in [0.4, 0.5) is 5.13 Å². The van der Waals surface area contributed by atoms with E-state index in [4.69, 9.17) is 4.74 Å². The smallest absolute Gasteiger partial charge is 0.228 e. The summed E-state index contributed by atoms with van der Waals surface area (Å²) in [7, 11) is 1.64. The number of methoxy groups -OCH3 is 1. The van der Waals surface area contributed by atoms with Crippen molar-refractivity contribution >= 4 is 28.3 Å². The summed E-state index contributed by atoms with van der Waals surface area (Å²) in [5.74, 6) is 0.682. The van der Waals surface area contributed by atoms with Gasteiger partial charge in [0.05, 0.1) is 19.2 Å². The predicted octanol–water partition coefficient (Wildman–Crippen LogP) is 2.87. The largest absolute Gasteiger partial charge is 0.497 e. The van der Waals surface area contributed by atoms with Crippen LogP contribution in [0.1, 0.15) is 30.7 Å². The fraction of sp³-hybridized carbons (Fsp3) is 0.421. The molecule has 6 nitrogen and oxygen atoms in total.